The molecule has 2 aromatic rings. The maximum absolute atomic E-state index is 12.9. The molecule has 5 heteroatoms. The molecule has 0 fully saturated rings. The number of aliphatic hydroxyl groups excluding tert-OH is 1. The van der Waals surface area contributed by atoms with Crippen molar-refractivity contribution in [1.82, 2.24) is 5.32 Å². The molecule has 0 saturated carbocycles. The molecular weight excluding hydrogens is 330 g/mol. The van der Waals surface area contributed by atoms with Crippen LogP contribution in [0.1, 0.15) is 47.8 Å². The second-order valence-electron chi connectivity index (χ2n) is 7.41. The van der Waals surface area contributed by atoms with Crippen LogP contribution in [-0.4, -0.2) is 29.3 Å². The van der Waals surface area contributed by atoms with Crippen LogP contribution in [0.4, 0.5) is 0 Å². The third-order valence-corrected chi connectivity index (χ3v) is 5.11. The second kappa shape index (κ2) is 6.32. The summed E-state index contributed by atoms with van der Waals surface area (Å²) in [7, 11) is 0. The Kier molecular flexibility index (Phi) is 4.11. The number of para-hydroxylation sites is 1. The first-order chi connectivity index (χ1) is 12.5. The molecule has 0 radical (unpaired) electrons. The van der Waals surface area contributed by atoms with Crippen LogP contribution in [-0.2, 0) is 6.42 Å². The summed E-state index contributed by atoms with van der Waals surface area (Å²) in [5.74, 6) is 1.33. The molecular formula is C21H23NO4. The van der Waals surface area contributed by atoms with Gasteiger partial charge in [0.05, 0.1) is 12.6 Å². The predicted molar refractivity (Wildman–Crippen MR) is 97.6 cm³/mol. The fraction of sp³-hybridized carbons (Fsp3) is 0.381. The van der Waals surface area contributed by atoms with Gasteiger partial charge in [-0.25, -0.2) is 0 Å². The molecule has 0 aromatic heterocycles. The number of hydrogen-bond acceptors (Lipinski definition) is 4. The molecule has 0 saturated heterocycles. The van der Waals surface area contributed by atoms with E-state index in [9.17, 15) is 9.90 Å². The van der Waals surface area contributed by atoms with Gasteiger partial charge in [-0.05, 0) is 56.5 Å². The number of aliphatic hydroxyl groups is 1. The zero-order valence-corrected chi connectivity index (χ0v) is 15.0. The van der Waals surface area contributed by atoms with Gasteiger partial charge in [-0.3, -0.25) is 4.79 Å². The average Bonchev–Trinajstić information content (AvgIpc) is 2.64. The van der Waals surface area contributed by atoms with Crippen LogP contribution in [0.15, 0.2) is 42.5 Å². The Morgan fingerprint density at radius 2 is 2.00 bits per heavy atom. The first kappa shape index (κ1) is 16.9. The molecule has 5 nitrogen and oxygen atoms in total. The summed E-state index contributed by atoms with van der Waals surface area (Å²) >= 11 is 0. The smallest absolute Gasteiger partial charge is 0.251 e. The highest BCUT2D eigenvalue weighted by atomic mass is 16.5. The molecule has 136 valence electrons. The largest absolute Gasteiger partial charge is 0.493 e. The SMILES string of the molecule is CC1(C)Oc2ccccc2[C@@H](NC(=O)c2ccc3c(c2)CCCO3)[C@@H]1O. The molecule has 0 aliphatic carbocycles. The van der Waals surface area contributed by atoms with Crippen molar-refractivity contribution in [3.8, 4) is 11.5 Å². The van der Waals surface area contributed by atoms with Crippen molar-refractivity contribution in [1.29, 1.82) is 0 Å². The van der Waals surface area contributed by atoms with Crippen molar-refractivity contribution >= 4 is 5.91 Å². The van der Waals surface area contributed by atoms with Crippen molar-refractivity contribution in [2.75, 3.05) is 6.61 Å². The Labute approximate surface area is 152 Å². The first-order valence-corrected chi connectivity index (χ1v) is 8.98. The highest BCUT2D eigenvalue weighted by molar-refractivity contribution is 5.95. The summed E-state index contributed by atoms with van der Waals surface area (Å²) in [4.78, 5) is 12.9. The Hall–Kier alpha value is -2.53. The summed E-state index contributed by atoms with van der Waals surface area (Å²) in [5, 5.41) is 13.8. The predicted octanol–water partition coefficient (Wildman–Crippen LogP) is 3.01. The van der Waals surface area contributed by atoms with E-state index in [1.165, 1.54) is 0 Å². The minimum atomic E-state index is -0.859. The molecule has 2 atom stereocenters. The van der Waals surface area contributed by atoms with Crippen molar-refractivity contribution in [2.24, 2.45) is 0 Å². The lowest BCUT2D eigenvalue weighted by molar-refractivity contribution is -0.0627. The number of carbonyl (C=O) groups excluding carboxylic acids is 1. The summed E-state index contributed by atoms with van der Waals surface area (Å²) < 4.78 is 11.5. The highest BCUT2D eigenvalue weighted by Gasteiger charge is 2.43. The molecule has 0 spiro atoms. The Bertz CT molecular complexity index is 846. The Morgan fingerprint density at radius 3 is 2.85 bits per heavy atom. The Balaban J connectivity index is 1.62. The minimum Gasteiger partial charge on any atom is -0.493 e. The van der Waals surface area contributed by atoms with Crippen molar-refractivity contribution in [3.63, 3.8) is 0 Å². The van der Waals surface area contributed by atoms with Gasteiger partial charge in [0.2, 0.25) is 0 Å². The molecule has 2 aromatic carbocycles. The topological polar surface area (TPSA) is 67.8 Å². The summed E-state index contributed by atoms with van der Waals surface area (Å²) in [6, 6.07) is 12.5. The molecule has 2 heterocycles. The second-order valence-corrected chi connectivity index (χ2v) is 7.41. The lowest BCUT2D eigenvalue weighted by atomic mass is 9.86. The van der Waals surface area contributed by atoms with E-state index < -0.39 is 17.7 Å². The van der Waals surface area contributed by atoms with E-state index in [1.807, 2.05) is 50.2 Å². The lowest BCUT2D eigenvalue weighted by Crippen LogP contribution is -2.53. The van der Waals surface area contributed by atoms with Crippen LogP contribution >= 0.6 is 0 Å². The number of rotatable bonds is 2. The maximum Gasteiger partial charge on any atom is 0.251 e. The average molecular weight is 353 g/mol. The van der Waals surface area contributed by atoms with E-state index in [0.717, 1.165) is 36.3 Å². The van der Waals surface area contributed by atoms with E-state index in [1.54, 1.807) is 6.07 Å². The van der Waals surface area contributed by atoms with Crippen LogP contribution in [0, 0.1) is 0 Å². The fourth-order valence-corrected chi connectivity index (χ4v) is 3.63. The minimum absolute atomic E-state index is 0.213. The van der Waals surface area contributed by atoms with E-state index in [2.05, 4.69) is 5.32 Å². The monoisotopic (exact) mass is 353 g/mol. The van der Waals surface area contributed by atoms with Crippen molar-refractivity contribution in [2.45, 2.75) is 44.4 Å². The third-order valence-electron chi connectivity index (χ3n) is 5.11. The van der Waals surface area contributed by atoms with Gasteiger partial charge in [0, 0.05) is 11.1 Å². The normalized spacial score (nSPS) is 23.0. The molecule has 1 amide bonds. The van der Waals surface area contributed by atoms with Gasteiger partial charge in [-0.1, -0.05) is 18.2 Å². The number of fused-ring (bicyclic) bond motifs is 2. The molecule has 2 aliphatic rings. The standard InChI is InChI=1S/C21H23NO4/c1-21(2)19(23)18(15-7-3-4-8-17(15)26-21)22-20(24)14-9-10-16-13(12-14)6-5-11-25-16/h3-4,7-10,12,18-19,23H,5-6,11H2,1-2H3,(H,22,24)/t18-,19+/m1/s1. The van der Waals surface area contributed by atoms with E-state index in [-0.39, 0.29) is 5.91 Å². The number of ether oxygens (including phenoxy) is 2. The Morgan fingerprint density at radius 1 is 1.19 bits per heavy atom. The molecule has 0 bridgehead atoms. The van der Waals surface area contributed by atoms with Gasteiger partial charge in [0.1, 0.15) is 23.2 Å². The zero-order chi connectivity index (χ0) is 18.3. The number of nitrogens with one attached hydrogen (secondary N) is 1. The number of amides is 1. The quantitative estimate of drug-likeness (QED) is 0.871. The zero-order valence-electron chi connectivity index (χ0n) is 15.0. The molecule has 0 unspecified atom stereocenters. The van der Waals surface area contributed by atoms with Crippen LogP contribution < -0.4 is 14.8 Å². The fourth-order valence-electron chi connectivity index (χ4n) is 3.63. The van der Waals surface area contributed by atoms with Crippen LogP contribution in [0.3, 0.4) is 0 Å². The van der Waals surface area contributed by atoms with Gasteiger partial charge in [-0.2, -0.15) is 0 Å². The van der Waals surface area contributed by atoms with Crippen LogP contribution in [0.25, 0.3) is 0 Å². The highest BCUT2D eigenvalue weighted by Crippen LogP contribution is 2.39. The van der Waals surface area contributed by atoms with Gasteiger partial charge >= 0.3 is 0 Å². The molecule has 26 heavy (non-hydrogen) atoms. The first-order valence-electron chi connectivity index (χ1n) is 8.98. The summed E-state index contributed by atoms with van der Waals surface area (Å²) in [5.41, 5.74) is 1.62. The van der Waals surface area contributed by atoms with E-state index >= 15 is 0 Å². The van der Waals surface area contributed by atoms with Gasteiger partial charge in [0.25, 0.3) is 5.91 Å². The van der Waals surface area contributed by atoms with Crippen molar-refractivity contribution < 1.29 is 19.4 Å². The number of hydrogen-bond donors (Lipinski definition) is 2. The lowest BCUT2D eigenvalue weighted by Gasteiger charge is -2.42. The van der Waals surface area contributed by atoms with E-state index in [4.69, 9.17) is 9.47 Å². The summed E-state index contributed by atoms with van der Waals surface area (Å²) in [6.45, 7) is 4.37. The van der Waals surface area contributed by atoms with E-state index in [0.29, 0.717) is 11.3 Å². The molecule has 2 aliphatic heterocycles. The van der Waals surface area contributed by atoms with Crippen LogP contribution in [0.5, 0.6) is 11.5 Å². The van der Waals surface area contributed by atoms with Crippen LogP contribution in [0.2, 0.25) is 0 Å². The van der Waals surface area contributed by atoms with Gasteiger partial charge in [-0.15, -0.1) is 0 Å². The van der Waals surface area contributed by atoms with Crippen molar-refractivity contribution in [3.05, 3.63) is 59.2 Å². The number of benzene rings is 2. The van der Waals surface area contributed by atoms with Gasteiger partial charge in [0.15, 0.2) is 0 Å². The molecule has 2 N–H and O–H groups in total. The third kappa shape index (κ3) is 2.92. The number of aryl methyl sites for hydroxylation is 1. The molecule has 4 rings (SSSR count). The number of carbonyl (C=O) groups is 1. The van der Waals surface area contributed by atoms with Gasteiger partial charge < -0.3 is 19.9 Å². The maximum atomic E-state index is 12.9. The summed E-state index contributed by atoms with van der Waals surface area (Å²) in [6.07, 6.45) is 1.01.